The summed E-state index contributed by atoms with van der Waals surface area (Å²) in [6, 6.07) is 11.6. The lowest BCUT2D eigenvalue weighted by Crippen LogP contribution is -2.22. The van der Waals surface area contributed by atoms with Gasteiger partial charge in [-0.2, -0.15) is 0 Å². The molecule has 0 aliphatic heterocycles. The molecule has 0 spiro atoms. The first-order chi connectivity index (χ1) is 10.6. The smallest absolute Gasteiger partial charge is 0.225 e. The number of anilines is 1. The van der Waals surface area contributed by atoms with Crippen molar-refractivity contribution in [2.45, 2.75) is 13.0 Å². The third-order valence-corrected chi connectivity index (χ3v) is 3.85. The highest BCUT2D eigenvalue weighted by Crippen LogP contribution is 2.29. The Morgan fingerprint density at radius 3 is 2.64 bits per heavy atom. The highest BCUT2D eigenvalue weighted by atomic mass is 35.5. The lowest BCUT2D eigenvalue weighted by molar-refractivity contribution is -0.116. The first kappa shape index (κ1) is 16.7. The maximum Gasteiger partial charge on any atom is 0.225 e. The standard InChI is InChI=1S/C16H15Cl2FN2O/c17-12-5-3-7-14(16(12)18)21-15(22)8-9-20-10-11-4-1-2-6-13(11)19/h1-7,20H,8-10H2,(H,21,22). The summed E-state index contributed by atoms with van der Waals surface area (Å²) in [6.07, 6.45) is 0.247. The molecule has 0 atom stereocenters. The van der Waals surface area contributed by atoms with Crippen molar-refractivity contribution in [1.29, 1.82) is 0 Å². The summed E-state index contributed by atoms with van der Waals surface area (Å²) < 4.78 is 13.4. The number of carbonyl (C=O) groups is 1. The van der Waals surface area contributed by atoms with Crippen LogP contribution in [0.25, 0.3) is 0 Å². The Labute approximate surface area is 138 Å². The van der Waals surface area contributed by atoms with Gasteiger partial charge in [0.2, 0.25) is 5.91 Å². The molecule has 0 aliphatic rings. The van der Waals surface area contributed by atoms with E-state index in [-0.39, 0.29) is 18.1 Å². The van der Waals surface area contributed by atoms with Crippen LogP contribution in [0.3, 0.4) is 0 Å². The summed E-state index contributed by atoms with van der Waals surface area (Å²) >= 11 is 11.9. The normalized spacial score (nSPS) is 10.5. The number of benzene rings is 2. The molecule has 0 aliphatic carbocycles. The molecule has 6 heteroatoms. The Balaban J connectivity index is 1.76. The maximum atomic E-state index is 13.4. The zero-order chi connectivity index (χ0) is 15.9. The molecule has 22 heavy (non-hydrogen) atoms. The molecule has 0 heterocycles. The molecule has 3 nitrogen and oxygen atoms in total. The van der Waals surface area contributed by atoms with Crippen LogP contribution in [-0.2, 0) is 11.3 Å². The summed E-state index contributed by atoms with van der Waals surface area (Å²) in [6.45, 7) is 0.802. The summed E-state index contributed by atoms with van der Waals surface area (Å²) in [5.41, 5.74) is 1.05. The van der Waals surface area contributed by atoms with Gasteiger partial charge < -0.3 is 10.6 Å². The fraction of sp³-hybridized carbons (Fsp3) is 0.188. The van der Waals surface area contributed by atoms with Crippen molar-refractivity contribution < 1.29 is 9.18 Å². The first-order valence-corrected chi connectivity index (χ1v) is 7.51. The van der Waals surface area contributed by atoms with Crippen molar-refractivity contribution in [3.63, 3.8) is 0 Å². The fourth-order valence-corrected chi connectivity index (χ4v) is 2.23. The van der Waals surface area contributed by atoms with Crippen LogP contribution in [0.5, 0.6) is 0 Å². The van der Waals surface area contributed by atoms with Gasteiger partial charge in [-0.1, -0.05) is 47.5 Å². The van der Waals surface area contributed by atoms with E-state index >= 15 is 0 Å². The van der Waals surface area contributed by atoms with Gasteiger partial charge in [-0.3, -0.25) is 4.79 Å². The molecule has 0 radical (unpaired) electrons. The van der Waals surface area contributed by atoms with Gasteiger partial charge in [0.1, 0.15) is 5.82 Å². The molecule has 0 unspecified atom stereocenters. The van der Waals surface area contributed by atoms with E-state index in [9.17, 15) is 9.18 Å². The average molecular weight is 341 g/mol. The number of rotatable bonds is 6. The highest BCUT2D eigenvalue weighted by molar-refractivity contribution is 6.43. The summed E-state index contributed by atoms with van der Waals surface area (Å²) in [5.74, 6) is -0.449. The monoisotopic (exact) mass is 340 g/mol. The van der Waals surface area contributed by atoms with Crippen LogP contribution in [-0.4, -0.2) is 12.5 Å². The largest absolute Gasteiger partial charge is 0.325 e. The van der Waals surface area contributed by atoms with E-state index in [1.165, 1.54) is 6.07 Å². The number of carbonyl (C=O) groups excluding carboxylic acids is 1. The van der Waals surface area contributed by atoms with Crippen LogP contribution in [0.2, 0.25) is 10.0 Å². The van der Waals surface area contributed by atoms with Gasteiger partial charge in [0.25, 0.3) is 0 Å². The first-order valence-electron chi connectivity index (χ1n) is 6.76. The Bertz CT molecular complexity index is 664. The molecule has 0 saturated carbocycles. The maximum absolute atomic E-state index is 13.4. The molecule has 2 aromatic carbocycles. The van der Waals surface area contributed by atoms with Crippen molar-refractivity contribution in [3.05, 3.63) is 63.9 Å². The number of amides is 1. The van der Waals surface area contributed by atoms with Gasteiger partial charge in [0.05, 0.1) is 15.7 Å². The average Bonchev–Trinajstić information content (AvgIpc) is 2.50. The highest BCUT2D eigenvalue weighted by Gasteiger charge is 2.08. The second-order valence-electron chi connectivity index (χ2n) is 4.67. The quantitative estimate of drug-likeness (QED) is 0.771. The number of halogens is 3. The SMILES string of the molecule is O=C(CCNCc1ccccc1F)Nc1cccc(Cl)c1Cl. The zero-order valence-corrected chi connectivity index (χ0v) is 13.2. The second kappa shape index (κ2) is 8.13. The topological polar surface area (TPSA) is 41.1 Å². The second-order valence-corrected chi connectivity index (χ2v) is 5.45. The number of nitrogens with one attached hydrogen (secondary N) is 2. The molecule has 2 rings (SSSR count). The Morgan fingerprint density at radius 1 is 1.09 bits per heavy atom. The molecule has 0 fully saturated rings. The van der Waals surface area contributed by atoms with Gasteiger partial charge in [0, 0.05) is 25.1 Å². The molecular formula is C16H15Cl2FN2O. The third kappa shape index (κ3) is 4.70. The van der Waals surface area contributed by atoms with Crippen LogP contribution in [0.15, 0.2) is 42.5 Å². The molecule has 116 valence electrons. The zero-order valence-electron chi connectivity index (χ0n) is 11.7. The van der Waals surface area contributed by atoms with E-state index < -0.39 is 0 Å². The minimum atomic E-state index is -0.259. The number of hydrogen-bond donors (Lipinski definition) is 2. The molecule has 0 saturated heterocycles. The predicted molar refractivity (Wildman–Crippen MR) is 87.8 cm³/mol. The van der Waals surface area contributed by atoms with E-state index in [4.69, 9.17) is 23.2 Å². The van der Waals surface area contributed by atoms with Gasteiger partial charge in [-0.15, -0.1) is 0 Å². The summed E-state index contributed by atoms with van der Waals surface area (Å²) in [5, 5.41) is 6.42. The van der Waals surface area contributed by atoms with E-state index in [1.807, 2.05) is 0 Å². The minimum absolute atomic E-state index is 0.190. The molecule has 0 bridgehead atoms. The number of hydrogen-bond acceptors (Lipinski definition) is 2. The van der Waals surface area contributed by atoms with Crippen molar-refractivity contribution in [2.24, 2.45) is 0 Å². The third-order valence-electron chi connectivity index (χ3n) is 3.03. The van der Waals surface area contributed by atoms with Crippen LogP contribution >= 0.6 is 23.2 Å². The molecule has 2 N–H and O–H groups in total. The van der Waals surface area contributed by atoms with Crippen LogP contribution < -0.4 is 10.6 Å². The fourth-order valence-electron chi connectivity index (χ4n) is 1.88. The summed E-state index contributed by atoms with van der Waals surface area (Å²) in [4.78, 5) is 11.8. The Morgan fingerprint density at radius 2 is 1.86 bits per heavy atom. The van der Waals surface area contributed by atoms with E-state index in [0.29, 0.717) is 34.4 Å². The van der Waals surface area contributed by atoms with Crippen LogP contribution in [0, 0.1) is 5.82 Å². The lowest BCUT2D eigenvalue weighted by Gasteiger charge is -2.09. The van der Waals surface area contributed by atoms with Crippen LogP contribution in [0.1, 0.15) is 12.0 Å². The molecule has 0 aromatic heterocycles. The summed E-state index contributed by atoms with van der Waals surface area (Å²) in [7, 11) is 0. The molecule has 2 aromatic rings. The van der Waals surface area contributed by atoms with E-state index in [2.05, 4.69) is 10.6 Å². The van der Waals surface area contributed by atoms with E-state index in [1.54, 1.807) is 36.4 Å². The van der Waals surface area contributed by atoms with E-state index in [0.717, 1.165) is 0 Å². The van der Waals surface area contributed by atoms with Crippen LogP contribution in [0.4, 0.5) is 10.1 Å². The van der Waals surface area contributed by atoms with Crippen molar-refractivity contribution in [1.82, 2.24) is 5.32 Å². The lowest BCUT2D eigenvalue weighted by atomic mass is 10.2. The predicted octanol–water partition coefficient (Wildman–Crippen LogP) is 4.25. The molecular weight excluding hydrogens is 326 g/mol. The van der Waals surface area contributed by atoms with Gasteiger partial charge >= 0.3 is 0 Å². The van der Waals surface area contributed by atoms with Gasteiger partial charge in [-0.05, 0) is 18.2 Å². The van der Waals surface area contributed by atoms with Crippen molar-refractivity contribution >= 4 is 34.8 Å². The Kier molecular flexibility index (Phi) is 6.19. The molecule has 1 amide bonds. The van der Waals surface area contributed by atoms with Gasteiger partial charge in [0.15, 0.2) is 0 Å². The minimum Gasteiger partial charge on any atom is -0.325 e. The van der Waals surface area contributed by atoms with Crippen molar-refractivity contribution in [3.8, 4) is 0 Å². The Hall–Kier alpha value is -1.62. The van der Waals surface area contributed by atoms with Gasteiger partial charge in [-0.25, -0.2) is 4.39 Å². The van der Waals surface area contributed by atoms with Crippen molar-refractivity contribution in [2.75, 3.05) is 11.9 Å².